The Morgan fingerprint density at radius 3 is 1.92 bits per heavy atom. The molecule has 13 nitrogen and oxygen atoms in total. The van der Waals surface area contributed by atoms with Crippen molar-refractivity contribution in [2.45, 2.75) is 57.9 Å². The Morgan fingerprint density at radius 2 is 1.31 bits per heavy atom. The first-order valence-electron chi connectivity index (χ1n) is 16.2. The van der Waals surface area contributed by atoms with Crippen LogP contribution in [0, 0.1) is 5.92 Å². The van der Waals surface area contributed by atoms with Gasteiger partial charge in [-0.1, -0.05) is 92.7 Å². The topological polar surface area (TPSA) is 176 Å². The largest absolute Gasteiger partial charge is 0.468 e. The number of benzene rings is 3. The fourth-order valence-corrected chi connectivity index (χ4v) is 5.65. The van der Waals surface area contributed by atoms with E-state index in [-0.39, 0.29) is 31.4 Å². The molecule has 3 aromatic rings. The van der Waals surface area contributed by atoms with Crippen LogP contribution in [0.3, 0.4) is 0 Å². The average molecular weight is 673 g/mol. The number of carbonyl (C=O) groups excluding carboxylic acids is 5. The number of alkyl carbamates (subject to hydrolysis) is 1. The molecular formula is C36H44N6O7. The summed E-state index contributed by atoms with van der Waals surface area (Å²) in [7, 11) is 1.20. The third-order valence-electron chi connectivity index (χ3n) is 7.88. The molecule has 0 unspecified atom stereocenters. The Hall–Kier alpha value is -5.59. The van der Waals surface area contributed by atoms with Crippen LogP contribution in [0.4, 0.5) is 14.4 Å². The van der Waals surface area contributed by atoms with Crippen LogP contribution in [0.15, 0.2) is 78.9 Å². The molecule has 3 aromatic carbocycles. The number of methoxy groups -OCH3 is 1. The lowest BCUT2D eigenvalue weighted by atomic mass is 9.98. The molecule has 49 heavy (non-hydrogen) atoms. The SMILES string of the molecule is COC(=O)CNC(=O)N[C@H](C)NC(=O)N[C@@H](Cc1ccccc1)NC(=O)[C@H](CC(C)C)NC(=O)OCC1c2ccccc2-c2ccccc21. The highest BCUT2D eigenvalue weighted by Gasteiger charge is 2.30. The monoisotopic (exact) mass is 672 g/mol. The smallest absolute Gasteiger partial charge is 0.407 e. The first kappa shape index (κ1) is 36.2. The quantitative estimate of drug-likeness (QED) is 0.112. The van der Waals surface area contributed by atoms with Crippen molar-refractivity contribution in [1.29, 1.82) is 0 Å². The Bertz CT molecular complexity index is 1570. The number of esters is 1. The Labute approximate surface area is 285 Å². The molecule has 13 heteroatoms. The second kappa shape index (κ2) is 17.5. The maximum absolute atomic E-state index is 13.6. The van der Waals surface area contributed by atoms with Crippen LogP contribution in [-0.4, -0.2) is 68.7 Å². The Kier molecular flexibility index (Phi) is 13.0. The molecule has 0 spiro atoms. The summed E-state index contributed by atoms with van der Waals surface area (Å²) in [5.41, 5.74) is 5.21. The number of hydrogen-bond donors (Lipinski definition) is 6. The minimum atomic E-state index is -0.946. The molecule has 6 N–H and O–H groups in total. The Balaban J connectivity index is 1.38. The summed E-state index contributed by atoms with van der Waals surface area (Å²) in [5, 5.41) is 15.7. The molecule has 1 aliphatic carbocycles. The van der Waals surface area contributed by atoms with Gasteiger partial charge in [0.2, 0.25) is 5.91 Å². The van der Waals surface area contributed by atoms with Crippen LogP contribution in [0.5, 0.6) is 0 Å². The van der Waals surface area contributed by atoms with Crippen molar-refractivity contribution in [3.8, 4) is 11.1 Å². The summed E-state index contributed by atoms with van der Waals surface area (Å²) in [6.45, 7) is 5.15. The summed E-state index contributed by atoms with van der Waals surface area (Å²) in [6.07, 6.45) is -1.88. The minimum Gasteiger partial charge on any atom is -0.468 e. The standard InChI is InChI=1S/C36H44N6O7/c1-22(2)18-30(40-36(47)49-21-29-27-16-10-8-14-25(27)26-15-9-11-17-28(26)29)33(44)41-31(19-24-12-6-5-7-13-24)42-35(46)39-23(3)38-34(45)37-20-32(43)48-4/h5-17,22-23,29-31H,18-21H2,1-4H3,(H,40,47)(H,41,44)(H2,37,38,45)(H2,39,42,46)/t23-,30-,31-/m0/s1. The second-order valence-electron chi connectivity index (χ2n) is 12.1. The van der Waals surface area contributed by atoms with E-state index < -0.39 is 48.4 Å². The van der Waals surface area contributed by atoms with Crippen molar-refractivity contribution in [2.24, 2.45) is 5.92 Å². The molecule has 4 rings (SSSR count). The molecule has 6 amide bonds. The third kappa shape index (κ3) is 10.7. The number of urea groups is 2. The third-order valence-corrected chi connectivity index (χ3v) is 7.88. The van der Waals surface area contributed by atoms with Gasteiger partial charge in [0.1, 0.15) is 31.5 Å². The van der Waals surface area contributed by atoms with Gasteiger partial charge in [0.05, 0.1) is 7.11 Å². The fraction of sp³-hybridized carbons (Fsp3) is 0.361. The van der Waals surface area contributed by atoms with E-state index in [4.69, 9.17) is 4.74 Å². The van der Waals surface area contributed by atoms with Gasteiger partial charge < -0.3 is 41.4 Å². The predicted molar refractivity (Wildman–Crippen MR) is 183 cm³/mol. The highest BCUT2D eigenvalue weighted by atomic mass is 16.5. The normalized spacial score (nSPS) is 13.5. The summed E-state index contributed by atoms with van der Waals surface area (Å²) >= 11 is 0. The van der Waals surface area contributed by atoms with E-state index >= 15 is 0 Å². The summed E-state index contributed by atoms with van der Waals surface area (Å²) in [5.74, 6) is -1.22. The minimum absolute atomic E-state index is 0.0470. The van der Waals surface area contributed by atoms with Gasteiger partial charge in [-0.2, -0.15) is 0 Å². The van der Waals surface area contributed by atoms with Crippen LogP contribution >= 0.6 is 0 Å². The summed E-state index contributed by atoms with van der Waals surface area (Å²) < 4.78 is 10.2. The van der Waals surface area contributed by atoms with Crippen molar-refractivity contribution < 1.29 is 33.4 Å². The van der Waals surface area contributed by atoms with E-state index in [1.54, 1.807) is 0 Å². The van der Waals surface area contributed by atoms with E-state index in [9.17, 15) is 24.0 Å². The maximum Gasteiger partial charge on any atom is 0.407 e. The first-order chi connectivity index (χ1) is 23.5. The zero-order valence-electron chi connectivity index (χ0n) is 28.1. The molecule has 260 valence electrons. The van der Waals surface area contributed by atoms with Crippen LogP contribution in [-0.2, 0) is 25.5 Å². The maximum atomic E-state index is 13.6. The van der Waals surface area contributed by atoms with E-state index in [2.05, 4.69) is 48.8 Å². The van der Waals surface area contributed by atoms with Crippen molar-refractivity contribution in [3.63, 3.8) is 0 Å². The van der Waals surface area contributed by atoms with Gasteiger partial charge >= 0.3 is 24.1 Å². The van der Waals surface area contributed by atoms with Crippen LogP contribution in [0.1, 0.15) is 49.8 Å². The van der Waals surface area contributed by atoms with Gasteiger partial charge in [-0.15, -0.1) is 0 Å². The molecule has 0 fully saturated rings. The molecular weight excluding hydrogens is 628 g/mol. The summed E-state index contributed by atoms with van der Waals surface area (Å²) in [4.78, 5) is 63.0. The molecule has 1 aliphatic rings. The van der Waals surface area contributed by atoms with Crippen LogP contribution in [0.25, 0.3) is 11.1 Å². The van der Waals surface area contributed by atoms with Crippen LogP contribution < -0.4 is 31.9 Å². The number of hydrogen-bond acceptors (Lipinski definition) is 7. The zero-order valence-corrected chi connectivity index (χ0v) is 28.1. The number of nitrogens with one attached hydrogen (secondary N) is 6. The number of ether oxygens (including phenoxy) is 2. The molecule has 0 saturated heterocycles. The molecule has 0 saturated carbocycles. The van der Waals surface area contributed by atoms with Crippen molar-refractivity contribution in [2.75, 3.05) is 20.3 Å². The number of carbonyl (C=O) groups is 5. The highest BCUT2D eigenvalue weighted by molar-refractivity contribution is 5.87. The van der Waals surface area contributed by atoms with Crippen molar-refractivity contribution in [3.05, 3.63) is 95.6 Å². The van der Waals surface area contributed by atoms with E-state index in [1.165, 1.54) is 14.0 Å². The number of rotatable bonds is 14. The highest BCUT2D eigenvalue weighted by Crippen LogP contribution is 2.44. The molecule has 0 aromatic heterocycles. The lowest BCUT2D eigenvalue weighted by molar-refractivity contribution is -0.139. The van der Waals surface area contributed by atoms with Gasteiger partial charge in [0, 0.05) is 12.3 Å². The predicted octanol–water partition coefficient (Wildman–Crippen LogP) is 3.74. The zero-order chi connectivity index (χ0) is 35.3. The molecule has 0 aliphatic heterocycles. The van der Waals surface area contributed by atoms with Gasteiger partial charge in [-0.25, -0.2) is 14.4 Å². The fourth-order valence-electron chi connectivity index (χ4n) is 5.65. The van der Waals surface area contributed by atoms with Gasteiger partial charge in [0.15, 0.2) is 0 Å². The average Bonchev–Trinajstić information content (AvgIpc) is 3.39. The molecule has 0 radical (unpaired) electrons. The summed E-state index contributed by atoms with van der Waals surface area (Å²) in [6, 6.07) is 23.0. The van der Waals surface area contributed by atoms with E-state index in [1.807, 2.05) is 80.6 Å². The lowest BCUT2D eigenvalue weighted by Gasteiger charge is -2.26. The Morgan fingerprint density at radius 1 is 0.714 bits per heavy atom. The second-order valence-corrected chi connectivity index (χ2v) is 12.1. The van der Waals surface area contributed by atoms with E-state index in [0.29, 0.717) is 6.42 Å². The van der Waals surface area contributed by atoms with Gasteiger partial charge in [-0.05, 0) is 47.1 Å². The first-order valence-corrected chi connectivity index (χ1v) is 16.2. The van der Waals surface area contributed by atoms with Gasteiger partial charge in [-0.3, -0.25) is 9.59 Å². The molecule has 3 atom stereocenters. The lowest BCUT2D eigenvalue weighted by Crippen LogP contribution is -2.59. The van der Waals surface area contributed by atoms with Crippen molar-refractivity contribution in [1.82, 2.24) is 31.9 Å². The van der Waals surface area contributed by atoms with Crippen LogP contribution in [0.2, 0.25) is 0 Å². The van der Waals surface area contributed by atoms with Crippen molar-refractivity contribution >= 4 is 30.0 Å². The number of fused-ring (bicyclic) bond motifs is 3. The number of amides is 6. The molecule has 0 bridgehead atoms. The molecule has 0 heterocycles. The van der Waals surface area contributed by atoms with E-state index in [0.717, 1.165) is 27.8 Å². The van der Waals surface area contributed by atoms with Gasteiger partial charge in [0.25, 0.3) is 0 Å².